The summed E-state index contributed by atoms with van der Waals surface area (Å²) in [4.78, 5) is 13.1. The van der Waals surface area contributed by atoms with Crippen molar-refractivity contribution in [2.24, 2.45) is 5.73 Å². The van der Waals surface area contributed by atoms with E-state index in [9.17, 15) is 4.79 Å². The number of amides is 1. The maximum atomic E-state index is 10.7. The first-order chi connectivity index (χ1) is 8.72. The van der Waals surface area contributed by atoms with E-state index in [0.29, 0.717) is 6.42 Å². The predicted molar refractivity (Wildman–Crippen MR) is 75.3 cm³/mol. The van der Waals surface area contributed by atoms with E-state index >= 15 is 0 Å². The van der Waals surface area contributed by atoms with Crippen LogP contribution in [0, 0.1) is 0 Å². The number of nitrogens with zero attached hydrogens (tertiary/aromatic N) is 1. The van der Waals surface area contributed by atoms with Gasteiger partial charge in [-0.15, -0.1) is 0 Å². The summed E-state index contributed by atoms with van der Waals surface area (Å²) in [6.45, 7) is 5.29. The van der Waals surface area contributed by atoms with Gasteiger partial charge in [0.15, 0.2) is 0 Å². The van der Waals surface area contributed by atoms with Crippen LogP contribution < -0.4 is 5.73 Å². The number of carbonyl (C=O) groups is 1. The van der Waals surface area contributed by atoms with E-state index in [1.807, 2.05) is 6.07 Å². The van der Waals surface area contributed by atoms with Gasteiger partial charge in [0.05, 0.1) is 0 Å². The van der Waals surface area contributed by atoms with Crippen LogP contribution in [0.1, 0.15) is 31.7 Å². The molecule has 0 atom stereocenters. The third kappa shape index (κ3) is 6.40. The summed E-state index contributed by atoms with van der Waals surface area (Å²) in [7, 11) is 0. The van der Waals surface area contributed by atoms with E-state index in [2.05, 4.69) is 36.1 Å². The van der Waals surface area contributed by atoms with Gasteiger partial charge in [-0.05, 0) is 37.9 Å². The summed E-state index contributed by atoms with van der Waals surface area (Å²) in [5, 5.41) is 0. The Morgan fingerprint density at radius 2 is 1.89 bits per heavy atom. The fourth-order valence-corrected chi connectivity index (χ4v) is 2.06. The molecule has 1 aromatic rings. The van der Waals surface area contributed by atoms with Gasteiger partial charge in [0.2, 0.25) is 5.91 Å². The minimum absolute atomic E-state index is 0.200. The lowest BCUT2D eigenvalue weighted by Gasteiger charge is -2.21. The van der Waals surface area contributed by atoms with Crippen molar-refractivity contribution in [2.75, 3.05) is 19.6 Å². The summed E-state index contributed by atoms with van der Waals surface area (Å²) in [6, 6.07) is 10.5. The molecular formula is C15H24N2O. The standard InChI is InChI=1S/C15H24N2O/c1-2-11-17(12-6-9-15(16)18)13-10-14-7-4-3-5-8-14/h3-5,7-8H,2,6,9-13H2,1H3,(H2,16,18). The van der Waals surface area contributed by atoms with Crippen molar-refractivity contribution in [2.45, 2.75) is 32.6 Å². The van der Waals surface area contributed by atoms with Crippen molar-refractivity contribution in [3.63, 3.8) is 0 Å². The second kappa shape index (κ2) is 8.70. The lowest BCUT2D eigenvalue weighted by molar-refractivity contribution is -0.118. The molecule has 1 aromatic carbocycles. The van der Waals surface area contributed by atoms with E-state index in [-0.39, 0.29) is 5.91 Å². The maximum absolute atomic E-state index is 10.7. The normalized spacial score (nSPS) is 10.8. The summed E-state index contributed by atoms with van der Waals surface area (Å²) >= 11 is 0. The molecule has 0 saturated heterocycles. The summed E-state index contributed by atoms with van der Waals surface area (Å²) < 4.78 is 0. The quantitative estimate of drug-likeness (QED) is 0.728. The minimum atomic E-state index is -0.200. The first-order valence-corrected chi connectivity index (χ1v) is 6.77. The molecule has 0 heterocycles. The molecule has 3 heteroatoms. The first-order valence-electron chi connectivity index (χ1n) is 6.77. The highest BCUT2D eigenvalue weighted by atomic mass is 16.1. The Balaban J connectivity index is 2.31. The van der Waals surface area contributed by atoms with Crippen molar-refractivity contribution in [3.05, 3.63) is 35.9 Å². The fourth-order valence-electron chi connectivity index (χ4n) is 2.06. The average Bonchev–Trinajstić information content (AvgIpc) is 2.37. The van der Waals surface area contributed by atoms with E-state index in [4.69, 9.17) is 5.73 Å². The van der Waals surface area contributed by atoms with Gasteiger partial charge in [0.25, 0.3) is 0 Å². The second-order valence-electron chi connectivity index (χ2n) is 4.65. The van der Waals surface area contributed by atoms with E-state index in [0.717, 1.165) is 38.9 Å². The molecule has 3 nitrogen and oxygen atoms in total. The Labute approximate surface area is 110 Å². The third-order valence-electron chi connectivity index (χ3n) is 3.00. The molecule has 2 N–H and O–H groups in total. The number of hydrogen-bond donors (Lipinski definition) is 1. The van der Waals surface area contributed by atoms with Gasteiger partial charge in [-0.1, -0.05) is 37.3 Å². The Kier molecular flexibility index (Phi) is 7.11. The molecule has 0 radical (unpaired) electrons. The highest BCUT2D eigenvalue weighted by Gasteiger charge is 2.05. The number of benzene rings is 1. The first kappa shape index (κ1) is 14.7. The van der Waals surface area contributed by atoms with Gasteiger partial charge >= 0.3 is 0 Å². The average molecular weight is 248 g/mol. The Bertz CT molecular complexity index is 338. The maximum Gasteiger partial charge on any atom is 0.217 e. The summed E-state index contributed by atoms with van der Waals surface area (Å²) in [5.41, 5.74) is 6.53. The molecule has 18 heavy (non-hydrogen) atoms. The second-order valence-corrected chi connectivity index (χ2v) is 4.65. The number of hydrogen-bond acceptors (Lipinski definition) is 2. The molecule has 0 aromatic heterocycles. The highest BCUT2D eigenvalue weighted by Crippen LogP contribution is 2.03. The zero-order valence-electron chi connectivity index (χ0n) is 11.3. The third-order valence-corrected chi connectivity index (χ3v) is 3.00. The number of nitrogens with two attached hydrogens (primary N) is 1. The van der Waals surface area contributed by atoms with Crippen LogP contribution in [0.5, 0.6) is 0 Å². The monoisotopic (exact) mass is 248 g/mol. The van der Waals surface area contributed by atoms with Crippen LogP contribution in [0.3, 0.4) is 0 Å². The SMILES string of the molecule is CCCN(CCCC(N)=O)CCc1ccccc1. The van der Waals surface area contributed by atoms with Crippen LogP contribution in [-0.4, -0.2) is 30.4 Å². The van der Waals surface area contributed by atoms with Crippen molar-refractivity contribution < 1.29 is 4.79 Å². The van der Waals surface area contributed by atoms with Crippen LogP contribution in [0.2, 0.25) is 0 Å². The number of primary amides is 1. The van der Waals surface area contributed by atoms with Crippen molar-refractivity contribution in [1.29, 1.82) is 0 Å². The summed E-state index contributed by atoms with van der Waals surface area (Å²) in [6.07, 6.45) is 3.57. The van der Waals surface area contributed by atoms with E-state index in [1.54, 1.807) is 0 Å². The van der Waals surface area contributed by atoms with Crippen molar-refractivity contribution in [3.8, 4) is 0 Å². The zero-order chi connectivity index (χ0) is 13.2. The molecule has 1 amide bonds. The molecular weight excluding hydrogens is 224 g/mol. The smallest absolute Gasteiger partial charge is 0.217 e. The molecule has 0 spiro atoms. The Morgan fingerprint density at radius 3 is 2.50 bits per heavy atom. The molecule has 0 aliphatic rings. The van der Waals surface area contributed by atoms with Gasteiger partial charge < -0.3 is 10.6 Å². The molecule has 0 unspecified atom stereocenters. The van der Waals surface area contributed by atoms with Crippen molar-refractivity contribution in [1.82, 2.24) is 4.90 Å². The summed E-state index contributed by atoms with van der Waals surface area (Å²) in [5.74, 6) is -0.200. The molecule has 0 saturated carbocycles. The predicted octanol–water partition coefficient (Wildman–Crippen LogP) is 2.21. The van der Waals surface area contributed by atoms with Gasteiger partial charge in [0, 0.05) is 13.0 Å². The van der Waals surface area contributed by atoms with Gasteiger partial charge in [-0.2, -0.15) is 0 Å². The lowest BCUT2D eigenvalue weighted by atomic mass is 10.1. The van der Waals surface area contributed by atoms with Gasteiger partial charge in [-0.25, -0.2) is 0 Å². The number of rotatable bonds is 9. The van der Waals surface area contributed by atoms with Crippen molar-refractivity contribution >= 4 is 5.91 Å². The molecule has 0 fully saturated rings. The van der Waals surface area contributed by atoms with Crippen LogP contribution in [-0.2, 0) is 11.2 Å². The molecule has 0 aliphatic heterocycles. The zero-order valence-corrected chi connectivity index (χ0v) is 11.3. The molecule has 0 bridgehead atoms. The van der Waals surface area contributed by atoms with Crippen LogP contribution in [0.25, 0.3) is 0 Å². The molecule has 100 valence electrons. The van der Waals surface area contributed by atoms with Crippen LogP contribution in [0.15, 0.2) is 30.3 Å². The topological polar surface area (TPSA) is 46.3 Å². The van der Waals surface area contributed by atoms with E-state index < -0.39 is 0 Å². The lowest BCUT2D eigenvalue weighted by Crippen LogP contribution is -2.29. The highest BCUT2D eigenvalue weighted by molar-refractivity contribution is 5.73. The molecule has 1 rings (SSSR count). The Hall–Kier alpha value is -1.35. The van der Waals surface area contributed by atoms with Gasteiger partial charge in [-0.3, -0.25) is 4.79 Å². The van der Waals surface area contributed by atoms with Gasteiger partial charge in [0.1, 0.15) is 0 Å². The largest absolute Gasteiger partial charge is 0.370 e. The van der Waals surface area contributed by atoms with E-state index in [1.165, 1.54) is 5.56 Å². The molecule has 0 aliphatic carbocycles. The minimum Gasteiger partial charge on any atom is -0.370 e. The fraction of sp³-hybridized carbons (Fsp3) is 0.533. The van der Waals surface area contributed by atoms with Crippen LogP contribution in [0.4, 0.5) is 0 Å². The Morgan fingerprint density at radius 1 is 1.17 bits per heavy atom. The van der Waals surface area contributed by atoms with Crippen LogP contribution >= 0.6 is 0 Å². The number of carbonyl (C=O) groups excluding carboxylic acids is 1.